The Labute approximate surface area is 149 Å². The van der Waals surface area contributed by atoms with Crippen molar-refractivity contribution in [3.63, 3.8) is 0 Å². The molecule has 0 aliphatic carbocycles. The summed E-state index contributed by atoms with van der Waals surface area (Å²) in [4.78, 5) is 4.44. The van der Waals surface area contributed by atoms with Crippen LogP contribution in [0.4, 0.5) is 4.39 Å². The van der Waals surface area contributed by atoms with Gasteiger partial charge >= 0.3 is 0 Å². The van der Waals surface area contributed by atoms with Gasteiger partial charge in [-0.25, -0.2) is 9.37 Å². The summed E-state index contributed by atoms with van der Waals surface area (Å²) in [6.45, 7) is 0.900. The van der Waals surface area contributed by atoms with E-state index in [2.05, 4.69) is 4.98 Å². The Hall–Kier alpha value is -1.88. The van der Waals surface area contributed by atoms with Gasteiger partial charge in [0.25, 0.3) is 0 Å². The van der Waals surface area contributed by atoms with Crippen LogP contribution in [0.25, 0.3) is 11.3 Å². The Morgan fingerprint density at radius 1 is 1.12 bits per heavy atom. The predicted molar refractivity (Wildman–Crippen MR) is 95.7 cm³/mol. The molecule has 2 aromatic carbocycles. The highest BCUT2D eigenvalue weighted by Crippen LogP contribution is 2.31. The molecule has 0 atom stereocenters. The fourth-order valence-corrected chi connectivity index (χ4v) is 3.16. The highest BCUT2D eigenvalue weighted by molar-refractivity contribution is 6.36. The van der Waals surface area contributed by atoms with Gasteiger partial charge in [-0.2, -0.15) is 0 Å². The SMILES string of the molecule is NCc1c(-c2ccc(Cl)cc2Cl)ncn1CCc1ccccc1F. The number of imidazole rings is 1. The molecule has 0 unspecified atom stereocenters. The molecule has 0 saturated heterocycles. The standard InChI is InChI=1S/C18H16Cl2FN3/c19-13-5-6-14(15(20)9-13)18-17(10-22)24(11-23-18)8-7-12-3-1-2-4-16(12)21/h1-6,9,11H,7-8,10,22H2. The van der Waals surface area contributed by atoms with Crippen molar-refractivity contribution >= 4 is 23.2 Å². The van der Waals surface area contributed by atoms with Gasteiger partial charge in [-0.05, 0) is 36.2 Å². The van der Waals surface area contributed by atoms with Gasteiger partial charge in [0.2, 0.25) is 0 Å². The fourth-order valence-electron chi connectivity index (χ4n) is 2.66. The predicted octanol–water partition coefficient (Wildman–Crippen LogP) is 4.70. The molecule has 3 rings (SSSR count). The van der Waals surface area contributed by atoms with Gasteiger partial charge in [-0.15, -0.1) is 0 Å². The average Bonchev–Trinajstić information content (AvgIpc) is 2.97. The number of hydrogen-bond acceptors (Lipinski definition) is 2. The normalized spacial score (nSPS) is 11.0. The van der Waals surface area contributed by atoms with Crippen LogP contribution in [0, 0.1) is 5.82 Å². The first-order valence-corrected chi connectivity index (χ1v) is 8.28. The second kappa shape index (κ2) is 7.34. The summed E-state index contributed by atoms with van der Waals surface area (Å²) < 4.78 is 15.7. The van der Waals surface area contributed by atoms with Crippen molar-refractivity contribution in [3.05, 3.63) is 75.9 Å². The maximum absolute atomic E-state index is 13.8. The molecule has 0 amide bonds. The van der Waals surface area contributed by atoms with E-state index in [1.165, 1.54) is 6.07 Å². The highest BCUT2D eigenvalue weighted by atomic mass is 35.5. The van der Waals surface area contributed by atoms with Crippen molar-refractivity contribution in [2.75, 3.05) is 0 Å². The minimum absolute atomic E-state index is 0.201. The Bertz CT molecular complexity index is 861. The molecule has 3 aromatic rings. The van der Waals surface area contributed by atoms with Gasteiger partial charge in [0, 0.05) is 23.7 Å². The van der Waals surface area contributed by atoms with Gasteiger partial charge in [-0.3, -0.25) is 0 Å². The van der Waals surface area contributed by atoms with Gasteiger partial charge < -0.3 is 10.3 Å². The van der Waals surface area contributed by atoms with E-state index < -0.39 is 0 Å². The summed E-state index contributed by atoms with van der Waals surface area (Å²) in [5, 5.41) is 1.09. The first kappa shape index (κ1) is 17.0. The lowest BCUT2D eigenvalue weighted by Gasteiger charge is -2.10. The van der Waals surface area contributed by atoms with Crippen molar-refractivity contribution < 1.29 is 4.39 Å². The van der Waals surface area contributed by atoms with E-state index in [1.54, 1.807) is 30.6 Å². The summed E-state index contributed by atoms with van der Waals surface area (Å²) in [5.41, 5.74) is 8.94. The van der Waals surface area contributed by atoms with Crippen molar-refractivity contribution in [2.45, 2.75) is 19.5 Å². The lowest BCUT2D eigenvalue weighted by molar-refractivity contribution is 0.588. The monoisotopic (exact) mass is 363 g/mol. The third-order valence-corrected chi connectivity index (χ3v) is 4.45. The number of aromatic nitrogens is 2. The van der Waals surface area contributed by atoms with E-state index in [9.17, 15) is 4.39 Å². The van der Waals surface area contributed by atoms with E-state index in [1.807, 2.05) is 16.7 Å². The zero-order valence-corrected chi connectivity index (χ0v) is 14.4. The van der Waals surface area contributed by atoms with Crippen LogP contribution in [0.2, 0.25) is 10.0 Å². The fraction of sp³-hybridized carbons (Fsp3) is 0.167. The molecule has 24 heavy (non-hydrogen) atoms. The zero-order chi connectivity index (χ0) is 17.1. The molecule has 1 heterocycles. The summed E-state index contributed by atoms with van der Waals surface area (Å²) in [6.07, 6.45) is 2.27. The van der Waals surface area contributed by atoms with Crippen LogP contribution in [-0.4, -0.2) is 9.55 Å². The Kier molecular flexibility index (Phi) is 5.19. The molecule has 0 radical (unpaired) electrons. The van der Waals surface area contributed by atoms with Gasteiger partial charge in [0.05, 0.1) is 22.7 Å². The minimum Gasteiger partial charge on any atom is -0.333 e. The second-order valence-corrected chi connectivity index (χ2v) is 6.25. The molecular formula is C18H16Cl2FN3. The number of rotatable bonds is 5. The van der Waals surface area contributed by atoms with E-state index in [-0.39, 0.29) is 5.82 Å². The maximum Gasteiger partial charge on any atom is 0.126 e. The summed E-state index contributed by atoms with van der Waals surface area (Å²) in [7, 11) is 0. The Morgan fingerprint density at radius 3 is 2.62 bits per heavy atom. The number of nitrogens with zero attached hydrogens (tertiary/aromatic N) is 2. The van der Waals surface area contributed by atoms with E-state index in [4.69, 9.17) is 28.9 Å². The van der Waals surface area contributed by atoms with Gasteiger partial charge in [-0.1, -0.05) is 41.4 Å². The number of aryl methyl sites for hydroxylation is 2. The number of nitrogens with two attached hydrogens (primary N) is 1. The topological polar surface area (TPSA) is 43.8 Å². The summed E-state index contributed by atoms with van der Waals surface area (Å²) in [6, 6.07) is 12.0. The van der Waals surface area contributed by atoms with Gasteiger partial charge in [0.15, 0.2) is 0 Å². The summed E-state index contributed by atoms with van der Waals surface area (Å²) >= 11 is 12.2. The van der Waals surface area contributed by atoms with E-state index >= 15 is 0 Å². The summed E-state index contributed by atoms with van der Waals surface area (Å²) in [5.74, 6) is -0.201. The molecule has 1 aromatic heterocycles. The average molecular weight is 364 g/mol. The maximum atomic E-state index is 13.8. The molecule has 2 N–H and O–H groups in total. The second-order valence-electron chi connectivity index (χ2n) is 5.40. The largest absolute Gasteiger partial charge is 0.333 e. The Balaban J connectivity index is 1.88. The van der Waals surface area contributed by atoms with Crippen LogP contribution in [0.1, 0.15) is 11.3 Å². The van der Waals surface area contributed by atoms with Crippen LogP contribution >= 0.6 is 23.2 Å². The van der Waals surface area contributed by atoms with E-state index in [0.29, 0.717) is 35.1 Å². The quantitative estimate of drug-likeness (QED) is 0.713. The lowest BCUT2D eigenvalue weighted by atomic mass is 10.1. The molecule has 0 aliphatic heterocycles. The zero-order valence-electron chi connectivity index (χ0n) is 12.8. The van der Waals surface area contributed by atoms with Crippen molar-refractivity contribution in [1.29, 1.82) is 0 Å². The third-order valence-electron chi connectivity index (χ3n) is 3.91. The molecule has 0 aliphatic rings. The first-order valence-electron chi connectivity index (χ1n) is 7.53. The lowest BCUT2D eigenvalue weighted by Crippen LogP contribution is -2.10. The van der Waals surface area contributed by atoms with Crippen LogP contribution in [0.15, 0.2) is 48.8 Å². The Morgan fingerprint density at radius 2 is 1.92 bits per heavy atom. The van der Waals surface area contributed by atoms with Crippen LogP contribution < -0.4 is 5.73 Å². The smallest absolute Gasteiger partial charge is 0.126 e. The number of benzene rings is 2. The molecule has 0 bridgehead atoms. The first-order chi connectivity index (χ1) is 11.6. The van der Waals surface area contributed by atoms with Crippen LogP contribution in [-0.2, 0) is 19.5 Å². The number of halogens is 3. The minimum atomic E-state index is -0.201. The molecule has 124 valence electrons. The van der Waals surface area contributed by atoms with Crippen molar-refractivity contribution in [1.82, 2.24) is 9.55 Å². The third kappa shape index (κ3) is 3.46. The molecular weight excluding hydrogens is 348 g/mol. The van der Waals surface area contributed by atoms with Gasteiger partial charge in [0.1, 0.15) is 5.82 Å². The molecule has 6 heteroatoms. The van der Waals surface area contributed by atoms with Crippen LogP contribution in [0.5, 0.6) is 0 Å². The highest BCUT2D eigenvalue weighted by Gasteiger charge is 2.15. The van der Waals surface area contributed by atoms with Crippen LogP contribution in [0.3, 0.4) is 0 Å². The van der Waals surface area contributed by atoms with Crippen molar-refractivity contribution in [2.24, 2.45) is 5.73 Å². The number of hydrogen-bond donors (Lipinski definition) is 1. The molecule has 0 saturated carbocycles. The van der Waals surface area contributed by atoms with Crippen molar-refractivity contribution in [3.8, 4) is 11.3 Å². The molecule has 0 fully saturated rings. The molecule has 0 spiro atoms. The van der Waals surface area contributed by atoms with E-state index in [0.717, 1.165) is 17.0 Å². The molecule has 3 nitrogen and oxygen atoms in total.